The van der Waals surface area contributed by atoms with E-state index in [-0.39, 0.29) is 36.3 Å². The van der Waals surface area contributed by atoms with Gasteiger partial charge in [0.15, 0.2) is 5.82 Å². The smallest absolute Gasteiger partial charge is 0.275 e. The Kier molecular flexibility index (Phi) is 32.1. The summed E-state index contributed by atoms with van der Waals surface area (Å²) >= 11 is 3.42. The van der Waals surface area contributed by atoms with E-state index in [4.69, 9.17) is 30.6 Å². The van der Waals surface area contributed by atoms with Crippen LogP contribution in [0.15, 0.2) is 40.6 Å². The minimum atomic E-state index is -0.886. The number of hydrogen-bond acceptors (Lipinski definition) is 12. The van der Waals surface area contributed by atoms with E-state index in [2.05, 4.69) is 53.1 Å². The number of aliphatic hydroxyl groups is 3. The molecule has 0 atom stereocenters. The molecule has 7 N–H and O–H groups in total. The number of alkyl halides is 1. The van der Waals surface area contributed by atoms with Crippen molar-refractivity contribution in [2.24, 2.45) is 10.7 Å². The Morgan fingerprint density at radius 1 is 1.11 bits per heavy atom. The second-order valence-electron chi connectivity index (χ2n) is 7.97. The lowest BCUT2D eigenvalue weighted by Crippen LogP contribution is -2.27. The first-order chi connectivity index (χ1) is 22.3. The molecule has 3 aromatic heterocycles. The molecule has 4 rings (SSSR count). The number of nitrogens with two attached hydrogens (primary N) is 1. The van der Waals surface area contributed by atoms with E-state index in [9.17, 15) is 13.6 Å². The third-order valence-corrected chi connectivity index (χ3v) is 5.97. The number of aromatic amines is 1. The highest BCUT2D eigenvalue weighted by molar-refractivity contribution is 14.1. The predicted molar refractivity (Wildman–Crippen MR) is 186 cm³/mol. The van der Waals surface area contributed by atoms with Crippen LogP contribution < -0.4 is 11.1 Å². The zero-order valence-electron chi connectivity index (χ0n) is 26.4. The van der Waals surface area contributed by atoms with Crippen molar-refractivity contribution in [1.29, 1.82) is 0 Å². The molecular formula is C29H44F2IN7O6S. The summed E-state index contributed by atoms with van der Waals surface area (Å²) in [6.45, 7) is 7.86. The Morgan fingerprint density at radius 2 is 1.67 bits per heavy atom. The fourth-order valence-corrected chi connectivity index (χ4v) is 4.16. The van der Waals surface area contributed by atoms with Crippen molar-refractivity contribution in [2.45, 2.75) is 52.0 Å². The van der Waals surface area contributed by atoms with Crippen LogP contribution in [0.25, 0.3) is 16.3 Å². The lowest BCUT2D eigenvalue weighted by Gasteiger charge is -2.18. The van der Waals surface area contributed by atoms with Crippen LogP contribution in [0.3, 0.4) is 0 Å². The molecule has 1 amide bonds. The number of pyridine rings is 1. The minimum Gasteiger partial charge on any atom is -0.400 e. The van der Waals surface area contributed by atoms with Crippen molar-refractivity contribution in [3.05, 3.63) is 58.8 Å². The van der Waals surface area contributed by atoms with Crippen molar-refractivity contribution in [3.63, 3.8) is 0 Å². The third-order valence-electron chi connectivity index (χ3n) is 5.08. The standard InChI is InChI=1S/C21H21F2N7OS.2C2H6O.CH3I.CH4O.2CH2O/c22-14-6-7-17(23)30-19(14)18(24)15(10-25-13-4-2-1-3-5-13)28-20(31)16-11-32-21(29-16)12-8-26-27-9-12;2*1-2-3;4*1-2/h6-11,13H,1-5,24H2,(H,26,27)(H,28,31);2*3H,2H2,1H3;1H3;2H,1H3;2*1H2/b18-15+,25-10?;;;;;;. The Balaban J connectivity index is -0.00000115. The number of nitrogens with one attached hydrogen (secondary N) is 2. The van der Waals surface area contributed by atoms with Gasteiger partial charge in [0.05, 0.1) is 23.6 Å². The number of H-pyrrole nitrogens is 1. The van der Waals surface area contributed by atoms with Crippen molar-refractivity contribution < 1.29 is 38.5 Å². The molecule has 1 aliphatic carbocycles. The number of allylic oxidation sites excluding steroid dienone is 1. The molecule has 0 radical (unpaired) electrons. The van der Waals surface area contributed by atoms with Crippen LogP contribution in [0.1, 0.15) is 62.1 Å². The van der Waals surface area contributed by atoms with Crippen LogP contribution >= 0.6 is 33.9 Å². The quantitative estimate of drug-likeness (QED) is 0.0916. The Bertz CT molecular complexity index is 1240. The minimum absolute atomic E-state index is 0.0374. The summed E-state index contributed by atoms with van der Waals surface area (Å²) in [5.74, 6) is -2.25. The number of aliphatic hydroxyl groups excluding tert-OH is 3. The van der Waals surface area contributed by atoms with E-state index in [1.54, 1.807) is 31.6 Å². The summed E-state index contributed by atoms with van der Waals surface area (Å²) < 4.78 is 27.9. The van der Waals surface area contributed by atoms with Crippen LogP contribution in [-0.2, 0) is 9.59 Å². The first kappa shape index (κ1) is 46.9. The van der Waals surface area contributed by atoms with Gasteiger partial charge in [0, 0.05) is 43.7 Å². The molecule has 0 unspecified atom stereocenters. The molecule has 0 bridgehead atoms. The maximum atomic E-state index is 14.3. The Morgan fingerprint density at radius 3 is 2.20 bits per heavy atom. The van der Waals surface area contributed by atoms with E-state index in [0.717, 1.165) is 56.9 Å². The molecule has 1 fully saturated rings. The molecule has 3 aromatic rings. The topological polar surface area (TPSA) is 217 Å². The number of aliphatic imine (C=N–C) groups is 1. The van der Waals surface area contributed by atoms with Crippen molar-refractivity contribution in [2.75, 3.05) is 25.3 Å². The molecule has 0 aliphatic heterocycles. The van der Waals surface area contributed by atoms with E-state index >= 15 is 0 Å². The zero-order valence-corrected chi connectivity index (χ0v) is 29.4. The van der Waals surface area contributed by atoms with E-state index in [0.29, 0.717) is 5.01 Å². The number of rotatable bonds is 6. The van der Waals surface area contributed by atoms with Gasteiger partial charge in [-0.1, -0.05) is 41.9 Å². The summed E-state index contributed by atoms with van der Waals surface area (Å²) in [6.07, 6.45) is 9.80. The predicted octanol–water partition coefficient (Wildman–Crippen LogP) is 3.95. The maximum absolute atomic E-state index is 14.3. The first-order valence-corrected chi connectivity index (χ1v) is 16.6. The number of nitrogens with zero attached hydrogens (tertiary/aromatic N) is 4. The highest BCUT2D eigenvalue weighted by Gasteiger charge is 2.19. The second kappa shape index (κ2) is 31.5. The van der Waals surface area contributed by atoms with E-state index in [1.807, 2.05) is 18.5 Å². The maximum Gasteiger partial charge on any atom is 0.275 e. The molecule has 0 aromatic carbocycles. The van der Waals surface area contributed by atoms with Gasteiger partial charge in [0.1, 0.15) is 30.0 Å². The molecule has 3 heterocycles. The van der Waals surface area contributed by atoms with E-state index in [1.165, 1.54) is 17.6 Å². The van der Waals surface area contributed by atoms with Gasteiger partial charge in [-0.25, -0.2) is 14.4 Å². The lowest BCUT2D eigenvalue weighted by molar-refractivity contribution is -0.0987. The van der Waals surface area contributed by atoms with Gasteiger partial charge in [-0.2, -0.15) is 9.49 Å². The molecule has 13 nitrogen and oxygen atoms in total. The first-order valence-electron chi connectivity index (χ1n) is 13.6. The number of carbonyl (C=O) groups excluding carboxylic acids is 3. The van der Waals surface area contributed by atoms with Gasteiger partial charge in [0.25, 0.3) is 5.91 Å². The fourth-order valence-electron chi connectivity index (χ4n) is 3.38. The number of thiazole rings is 1. The highest BCUT2D eigenvalue weighted by Crippen LogP contribution is 2.23. The van der Waals surface area contributed by atoms with Crippen LogP contribution in [0.5, 0.6) is 0 Å². The molecule has 0 saturated heterocycles. The van der Waals surface area contributed by atoms with Crippen LogP contribution in [0, 0.1) is 11.8 Å². The monoisotopic (exact) mass is 783 g/mol. The van der Waals surface area contributed by atoms with Crippen molar-refractivity contribution >= 4 is 65.3 Å². The number of aromatic nitrogens is 4. The lowest BCUT2D eigenvalue weighted by atomic mass is 9.96. The number of halogens is 3. The average molecular weight is 784 g/mol. The summed E-state index contributed by atoms with van der Waals surface area (Å²) in [5, 5.41) is 33.5. The van der Waals surface area contributed by atoms with Gasteiger partial charge in [-0.3, -0.25) is 14.9 Å². The Hall–Kier alpha value is -3.52. The average Bonchev–Trinajstić information content (AvgIpc) is 3.82. The van der Waals surface area contributed by atoms with E-state index < -0.39 is 23.4 Å². The third kappa shape index (κ3) is 18.4. The molecule has 1 aliphatic rings. The molecule has 1 saturated carbocycles. The summed E-state index contributed by atoms with van der Waals surface area (Å²) in [4.78, 5) is 43.2. The van der Waals surface area contributed by atoms with Crippen LogP contribution in [0.4, 0.5) is 8.78 Å². The molecule has 258 valence electrons. The molecule has 0 spiro atoms. The van der Waals surface area contributed by atoms with Crippen molar-refractivity contribution in [1.82, 2.24) is 25.5 Å². The zero-order chi connectivity index (χ0) is 35.9. The number of carbonyl (C=O) groups is 3. The van der Waals surface area contributed by atoms with Gasteiger partial charge in [-0.15, -0.1) is 11.3 Å². The molecule has 17 heteroatoms. The largest absolute Gasteiger partial charge is 0.400 e. The summed E-state index contributed by atoms with van der Waals surface area (Å²) in [6, 6.07) is 1.91. The molecular weight excluding hydrogens is 739 g/mol. The summed E-state index contributed by atoms with van der Waals surface area (Å²) in [5.41, 5.74) is 6.42. The van der Waals surface area contributed by atoms with Gasteiger partial charge in [-0.05, 0) is 43.8 Å². The number of amides is 1. The van der Waals surface area contributed by atoms with Gasteiger partial charge in [0.2, 0.25) is 5.95 Å². The van der Waals surface area contributed by atoms with Gasteiger partial charge < -0.3 is 36.0 Å². The summed E-state index contributed by atoms with van der Waals surface area (Å²) in [7, 11) is 1.00. The van der Waals surface area contributed by atoms with Crippen molar-refractivity contribution in [3.8, 4) is 10.6 Å². The fraction of sp³-hybridized carbons (Fsp3) is 0.414. The Labute approximate surface area is 285 Å². The highest BCUT2D eigenvalue weighted by atomic mass is 127. The van der Waals surface area contributed by atoms with Crippen LogP contribution in [-0.4, -0.2) is 92.5 Å². The SMILES string of the molecule is C=O.C=O.CCO.CCO.CI.CO.N/C(=C(\C=NC1CCCCC1)NC(=O)c1csc(-c2cn[nH]c2)n1)c1nc(F)ccc1F. The second-order valence-corrected chi connectivity index (χ2v) is 8.83. The normalized spacial score (nSPS) is 12.1. The van der Waals surface area contributed by atoms with Crippen LogP contribution in [0.2, 0.25) is 0 Å². The van der Waals surface area contributed by atoms with Gasteiger partial charge >= 0.3 is 0 Å². The number of hydrogen-bond donors (Lipinski definition) is 6. The molecule has 46 heavy (non-hydrogen) atoms.